The van der Waals surface area contributed by atoms with Crippen molar-refractivity contribution >= 4 is 38.9 Å². The first-order chi connectivity index (χ1) is 14.9. The number of rotatable bonds is 5. The number of para-hydroxylation sites is 1. The maximum Gasteiger partial charge on any atom is 0.257 e. The van der Waals surface area contributed by atoms with Gasteiger partial charge < -0.3 is 10.2 Å². The number of benzene rings is 3. The lowest BCUT2D eigenvalue weighted by molar-refractivity contribution is 0.102. The number of nitrogens with zero attached hydrogens (tertiary/aromatic N) is 2. The zero-order valence-corrected chi connectivity index (χ0v) is 18.3. The van der Waals surface area contributed by atoms with E-state index in [-0.39, 0.29) is 10.8 Å². The number of sulfonamides is 1. The molecule has 3 aromatic rings. The lowest BCUT2D eigenvalue weighted by Crippen LogP contribution is -2.48. The third kappa shape index (κ3) is 4.74. The van der Waals surface area contributed by atoms with E-state index < -0.39 is 10.0 Å². The third-order valence-electron chi connectivity index (χ3n) is 5.23. The second-order valence-corrected chi connectivity index (χ2v) is 9.53. The van der Waals surface area contributed by atoms with E-state index in [4.69, 9.17) is 11.6 Å². The van der Waals surface area contributed by atoms with Gasteiger partial charge in [0.25, 0.3) is 5.91 Å². The highest BCUT2D eigenvalue weighted by atomic mass is 35.5. The van der Waals surface area contributed by atoms with E-state index in [1.165, 1.54) is 16.4 Å². The second kappa shape index (κ2) is 9.09. The molecule has 160 valence electrons. The van der Waals surface area contributed by atoms with Crippen molar-refractivity contribution in [3.8, 4) is 0 Å². The molecule has 31 heavy (non-hydrogen) atoms. The van der Waals surface area contributed by atoms with Crippen molar-refractivity contribution in [2.45, 2.75) is 4.90 Å². The summed E-state index contributed by atoms with van der Waals surface area (Å²) in [6.07, 6.45) is 0. The van der Waals surface area contributed by atoms with Crippen LogP contribution in [0.25, 0.3) is 0 Å². The van der Waals surface area contributed by atoms with Gasteiger partial charge in [-0.25, -0.2) is 8.42 Å². The molecule has 4 rings (SSSR count). The summed E-state index contributed by atoms with van der Waals surface area (Å²) in [5.74, 6) is -0.349. The van der Waals surface area contributed by atoms with E-state index >= 15 is 0 Å². The smallest absolute Gasteiger partial charge is 0.257 e. The maximum atomic E-state index is 13.0. The first kappa shape index (κ1) is 21.4. The van der Waals surface area contributed by atoms with E-state index in [2.05, 4.69) is 10.2 Å². The highest BCUT2D eigenvalue weighted by Crippen LogP contribution is 2.23. The highest BCUT2D eigenvalue weighted by Gasteiger charge is 2.28. The number of hydrogen-bond donors (Lipinski definition) is 1. The third-order valence-corrected chi connectivity index (χ3v) is 7.47. The van der Waals surface area contributed by atoms with Gasteiger partial charge in [-0.3, -0.25) is 4.79 Å². The summed E-state index contributed by atoms with van der Waals surface area (Å²) in [5, 5.41) is 3.10. The number of amides is 1. The van der Waals surface area contributed by atoms with Crippen LogP contribution in [0.2, 0.25) is 5.02 Å². The Morgan fingerprint density at radius 3 is 2.06 bits per heavy atom. The average molecular weight is 456 g/mol. The molecule has 8 heteroatoms. The Morgan fingerprint density at radius 1 is 0.806 bits per heavy atom. The van der Waals surface area contributed by atoms with Crippen molar-refractivity contribution in [1.29, 1.82) is 0 Å². The molecule has 0 saturated carbocycles. The van der Waals surface area contributed by atoms with Gasteiger partial charge in [-0.05, 0) is 48.5 Å². The van der Waals surface area contributed by atoms with Crippen LogP contribution in [0.1, 0.15) is 10.4 Å². The Kier molecular flexibility index (Phi) is 6.27. The number of carbonyl (C=O) groups excluding carboxylic acids is 1. The molecule has 1 saturated heterocycles. The SMILES string of the molecule is O=C(Nc1ccc(S(=O)(=O)N2CCN(c3ccccc3)CC2)cc1)c1ccccc1Cl. The molecule has 0 radical (unpaired) electrons. The molecule has 6 nitrogen and oxygen atoms in total. The zero-order valence-electron chi connectivity index (χ0n) is 16.7. The fourth-order valence-corrected chi connectivity index (χ4v) is 5.17. The van der Waals surface area contributed by atoms with E-state index in [1.54, 1.807) is 36.4 Å². The van der Waals surface area contributed by atoms with Gasteiger partial charge in [-0.1, -0.05) is 41.9 Å². The van der Waals surface area contributed by atoms with Gasteiger partial charge >= 0.3 is 0 Å². The maximum absolute atomic E-state index is 13.0. The number of halogens is 1. The first-order valence-electron chi connectivity index (χ1n) is 9.91. The van der Waals surface area contributed by atoms with Crippen LogP contribution in [0.3, 0.4) is 0 Å². The number of nitrogens with one attached hydrogen (secondary N) is 1. The Labute approximate surface area is 187 Å². The number of hydrogen-bond acceptors (Lipinski definition) is 4. The molecule has 1 aliphatic heterocycles. The van der Waals surface area contributed by atoms with Crippen molar-refractivity contribution in [1.82, 2.24) is 4.31 Å². The van der Waals surface area contributed by atoms with Crippen LogP contribution in [0, 0.1) is 0 Å². The largest absolute Gasteiger partial charge is 0.369 e. The van der Waals surface area contributed by atoms with E-state index in [0.717, 1.165) is 5.69 Å². The summed E-state index contributed by atoms with van der Waals surface area (Å²) in [7, 11) is -3.60. The molecule has 3 aromatic carbocycles. The van der Waals surface area contributed by atoms with Gasteiger partial charge in [0.15, 0.2) is 0 Å². The van der Waals surface area contributed by atoms with Gasteiger partial charge in [0, 0.05) is 37.6 Å². The molecule has 1 fully saturated rings. The average Bonchev–Trinajstić information content (AvgIpc) is 2.80. The fourth-order valence-electron chi connectivity index (χ4n) is 3.53. The molecule has 0 unspecified atom stereocenters. The minimum absolute atomic E-state index is 0.205. The van der Waals surface area contributed by atoms with Gasteiger partial charge in [0.1, 0.15) is 0 Å². The lowest BCUT2D eigenvalue weighted by Gasteiger charge is -2.35. The summed E-state index contributed by atoms with van der Waals surface area (Å²) in [5.41, 5.74) is 1.95. The standard InChI is InChI=1S/C23H22ClN3O3S/c24-22-9-5-4-8-21(22)23(28)25-18-10-12-20(13-11-18)31(29,30)27-16-14-26(15-17-27)19-6-2-1-3-7-19/h1-13H,14-17H2,(H,25,28). The molecule has 0 aliphatic carbocycles. The molecule has 1 N–H and O–H groups in total. The van der Waals surface area contributed by atoms with Crippen molar-refractivity contribution < 1.29 is 13.2 Å². The second-order valence-electron chi connectivity index (χ2n) is 7.19. The Hall–Kier alpha value is -2.87. The Morgan fingerprint density at radius 2 is 1.42 bits per heavy atom. The van der Waals surface area contributed by atoms with Crippen molar-refractivity contribution in [3.05, 3.63) is 89.4 Å². The van der Waals surface area contributed by atoms with Gasteiger partial charge in [0.2, 0.25) is 10.0 Å². The molecular formula is C23H22ClN3O3S. The normalized spacial score (nSPS) is 14.9. The lowest BCUT2D eigenvalue weighted by atomic mass is 10.2. The van der Waals surface area contributed by atoms with Crippen LogP contribution in [0.15, 0.2) is 83.8 Å². The van der Waals surface area contributed by atoms with E-state index in [1.807, 2.05) is 30.3 Å². The number of carbonyl (C=O) groups is 1. The van der Waals surface area contributed by atoms with Crippen LogP contribution < -0.4 is 10.2 Å². The zero-order chi connectivity index (χ0) is 21.8. The molecule has 1 aliphatic rings. The van der Waals surface area contributed by atoms with Crippen LogP contribution in [-0.4, -0.2) is 44.8 Å². The van der Waals surface area contributed by atoms with Gasteiger partial charge in [0.05, 0.1) is 15.5 Å². The number of piperazine rings is 1. The summed E-state index contributed by atoms with van der Waals surface area (Å²) < 4.78 is 27.6. The predicted molar refractivity (Wildman–Crippen MR) is 123 cm³/mol. The summed E-state index contributed by atoms with van der Waals surface area (Å²) in [6.45, 7) is 2.11. The van der Waals surface area contributed by atoms with E-state index in [0.29, 0.717) is 42.5 Å². The fraction of sp³-hybridized carbons (Fsp3) is 0.174. The topological polar surface area (TPSA) is 69.7 Å². The highest BCUT2D eigenvalue weighted by molar-refractivity contribution is 7.89. The summed E-state index contributed by atoms with van der Waals surface area (Å²) >= 11 is 6.06. The minimum Gasteiger partial charge on any atom is -0.369 e. The molecule has 1 heterocycles. The van der Waals surface area contributed by atoms with Gasteiger partial charge in [-0.15, -0.1) is 0 Å². The molecule has 0 atom stereocenters. The number of anilines is 2. The van der Waals surface area contributed by atoms with Crippen LogP contribution in [-0.2, 0) is 10.0 Å². The summed E-state index contributed by atoms with van der Waals surface area (Å²) in [4.78, 5) is 14.8. The van der Waals surface area contributed by atoms with Gasteiger partial charge in [-0.2, -0.15) is 4.31 Å². The Balaban J connectivity index is 1.41. The molecule has 0 spiro atoms. The molecule has 0 bridgehead atoms. The van der Waals surface area contributed by atoms with Crippen LogP contribution in [0.5, 0.6) is 0 Å². The first-order valence-corrected chi connectivity index (χ1v) is 11.7. The Bertz CT molecular complexity index is 1160. The molecule has 1 amide bonds. The van der Waals surface area contributed by atoms with E-state index in [9.17, 15) is 13.2 Å². The molecule has 0 aromatic heterocycles. The quantitative estimate of drug-likeness (QED) is 0.628. The summed E-state index contributed by atoms with van der Waals surface area (Å²) in [6, 6.07) is 22.9. The van der Waals surface area contributed by atoms with Crippen molar-refractivity contribution in [2.75, 3.05) is 36.4 Å². The van der Waals surface area contributed by atoms with Crippen molar-refractivity contribution in [2.24, 2.45) is 0 Å². The monoisotopic (exact) mass is 455 g/mol. The van der Waals surface area contributed by atoms with Crippen molar-refractivity contribution in [3.63, 3.8) is 0 Å². The minimum atomic E-state index is -3.60. The molecular weight excluding hydrogens is 434 g/mol. The predicted octanol–water partition coefficient (Wildman–Crippen LogP) is 4.10. The van der Waals surface area contributed by atoms with Crippen LogP contribution in [0.4, 0.5) is 11.4 Å². The van der Waals surface area contributed by atoms with Crippen LogP contribution >= 0.6 is 11.6 Å².